The highest BCUT2D eigenvalue weighted by Crippen LogP contribution is 2.24. The molecule has 5 aromatic rings. The second kappa shape index (κ2) is 23.1. The van der Waals surface area contributed by atoms with Crippen molar-refractivity contribution in [3.63, 3.8) is 0 Å². The van der Waals surface area contributed by atoms with Crippen LogP contribution >= 0.6 is 46.4 Å². The van der Waals surface area contributed by atoms with Crippen LogP contribution in [-0.2, 0) is 0 Å². The Morgan fingerprint density at radius 2 is 1.36 bits per heavy atom. The van der Waals surface area contributed by atoms with Gasteiger partial charge in [-0.2, -0.15) is 4.99 Å². The fourth-order valence-corrected chi connectivity index (χ4v) is 4.43. The summed E-state index contributed by atoms with van der Waals surface area (Å²) < 4.78 is 0. The van der Waals surface area contributed by atoms with Gasteiger partial charge in [-0.3, -0.25) is 24.5 Å². The molecule has 5 heterocycles. The molecule has 0 aliphatic heterocycles. The first kappa shape index (κ1) is 46.2. The van der Waals surface area contributed by atoms with Crippen LogP contribution in [0.25, 0.3) is 22.3 Å². The standard InChI is InChI=1S/C12H6Cl2N4O.C12H8Cl2N4O.B8.B7/c13-7-4-15-5-8-10(7)12(19)18-11(17-8)6-1-2-16-9(14)3-6;13-8-5-17-6-9(14)10(8)12(19)18-11(15)7-1-3-16-4-2-7;1-6(2)8(5)7(3)4;1-5-7(4)6(2)3/h1-5H,(H,17,18,19);1-6H,(H2,15,18,19);;. The predicted octanol–water partition coefficient (Wildman–Crippen LogP) is -0.696. The van der Waals surface area contributed by atoms with E-state index in [1.165, 1.54) is 38.0 Å². The normalized spacial score (nSPS) is 10.2. The van der Waals surface area contributed by atoms with E-state index < -0.39 is 31.4 Å². The van der Waals surface area contributed by atoms with Crippen LogP contribution in [0.3, 0.4) is 0 Å². The van der Waals surface area contributed by atoms with E-state index >= 15 is 0 Å². The SMILES string of the molecule is NC(=NC(=O)c1c(Cl)cncc1Cl)c1ccncc1.O=c1[nH]c(-c2ccnc(Cl)c2)nc2cncc(Cl)c12.[B]B([B])B([B])B([B])[B].[B][B]B([B])B([B])[B]. The third-order valence-corrected chi connectivity index (χ3v) is 7.46. The summed E-state index contributed by atoms with van der Waals surface area (Å²) in [6, 6.07) is 6.60. The average molecular weight is 750 g/mol. The number of rotatable bonds is 7. The lowest BCUT2D eigenvalue weighted by Gasteiger charge is -2.13. The molecule has 5 rings (SSSR count). The molecule has 0 bridgehead atoms. The van der Waals surface area contributed by atoms with Gasteiger partial charge in [0.15, 0.2) is 0 Å². The third kappa shape index (κ3) is 15.0. The minimum Gasteiger partial charge on any atom is -0.383 e. The largest absolute Gasteiger partial charge is 0.383 e. The number of nitrogens with one attached hydrogen (secondary N) is 1. The van der Waals surface area contributed by atoms with E-state index in [9.17, 15) is 9.59 Å². The number of carbonyl (C=O) groups is 1. The number of halogens is 4. The summed E-state index contributed by atoms with van der Waals surface area (Å²) >= 11 is 23.5. The number of nitrogens with two attached hydrogens (primary N) is 1. The average Bonchev–Trinajstić information content (AvgIpc) is 3.11. The van der Waals surface area contributed by atoms with E-state index in [4.69, 9.17) is 122 Å². The molecule has 29 heteroatoms. The van der Waals surface area contributed by atoms with Crippen molar-refractivity contribution in [1.29, 1.82) is 0 Å². The van der Waals surface area contributed by atoms with Gasteiger partial charge in [-0.05, 0) is 24.3 Å². The van der Waals surface area contributed by atoms with Gasteiger partial charge < -0.3 is 10.7 Å². The first-order valence-corrected chi connectivity index (χ1v) is 16.3. The summed E-state index contributed by atoms with van der Waals surface area (Å²) in [6.45, 7) is 0. The monoisotopic (exact) mass is 751 g/mol. The Kier molecular flexibility index (Phi) is 20.1. The molecule has 0 fully saturated rings. The molecular formula is C24H14B15Cl4N8O2. The lowest BCUT2D eigenvalue weighted by molar-refractivity contribution is 0.100. The maximum atomic E-state index is 12.0. The van der Waals surface area contributed by atoms with Gasteiger partial charge in [0.2, 0.25) is 0 Å². The van der Waals surface area contributed by atoms with E-state index in [1.807, 2.05) is 0 Å². The lowest BCUT2D eigenvalue weighted by atomic mass is 8.68. The lowest BCUT2D eigenvalue weighted by Crippen LogP contribution is -2.52. The Balaban J connectivity index is 0.000000269. The number of fused-ring (bicyclic) bond motifs is 1. The maximum absolute atomic E-state index is 12.0. The Morgan fingerprint density at radius 3 is 1.85 bits per heavy atom. The number of amidine groups is 1. The van der Waals surface area contributed by atoms with Crippen LogP contribution in [0.1, 0.15) is 15.9 Å². The molecule has 53 heavy (non-hydrogen) atoms. The van der Waals surface area contributed by atoms with Crippen molar-refractivity contribution in [3.05, 3.63) is 109 Å². The quantitative estimate of drug-likeness (QED) is 0.0961. The van der Waals surface area contributed by atoms with Gasteiger partial charge in [0.1, 0.15) is 16.8 Å². The minimum absolute atomic E-state index is 0.0661. The number of hydrogen-bond donors (Lipinski definition) is 2. The first-order valence-electron chi connectivity index (χ1n) is 14.8. The zero-order valence-corrected chi connectivity index (χ0v) is 30.6. The summed E-state index contributed by atoms with van der Waals surface area (Å²) in [5.74, 6) is -0.158. The highest BCUT2D eigenvalue weighted by atomic mass is 35.5. The van der Waals surface area contributed by atoms with Crippen molar-refractivity contribution in [2.45, 2.75) is 0 Å². The topological polar surface area (TPSA) is 153 Å². The third-order valence-electron chi connectivity index (χ3n) is 6.39. The minimum atomic E-state index is -0.630. The van der Waals surface area contributed by atoms with E-state index in [0.717, 1.165) is 0 Å². The first-order chi connectivity index (χ1) is 25.0. The van der Waals surface area contributed by atoms with Gasteiger partial charge in [-0.25, -0.2) is 9.97 Å². The predicted molar refractivity (Wildman–Crippen MR) is 233 cm³/mol. The molecule has 235 valence electrons. The molecule has 10 nitrogen and oxygen atoms in total. The number of aliphatic imine (C=N–C) groups is 1. The van der Waals surface area contributed by atoms with Crippen molar-refractivity contribution < 1.29 is 4.79 Å². The smallest absolute Gasteiger partial charge is 0.282 e. The van der Waals surface area contributed by atoms with Crippen LogP contribution in [0.2, 0.25) is 20.2 Å². The molecule has 1 amide bonds. The number of aromatic amines is 1. The molecular weight excluding hydrogens is 736 g/mol. The molecule has 0 unspecified atom stereocenters. The summed E-state index contributed by atoms with van der Waals surface area (Å²) in [4.78, 5) is 50.2. The zero-order chi connectivity index (χ0) is 39.8. The van der Waals surface area contributed by atoms with Crippen LogP contribution in [0.4, 0.5) is 0 Å². The Hall–Kier alpha value is -2.99. The van der Waals surface area contributed by atoms with Crippen LogP contribution in [-0.4, -0.2) is 150 Å². The van der Waals surface area contributed by atoms with Crippen LogP contribution in [0.5, 0.6) is 0 Å². The van der Waals surface area contributed by atoms with Crippen molar-refractivity contribution >= 4 is 178 Å². The molecule has 0 aromatic carbocycles. The van der Waals surface area contributed by atoms with E-state index in [-0.39, 0.29) is 38.4 Å². The maximum Gasteiger partial charge on any atom is 0.282 e. The Morgan fingerprint density at radius 1 is 0.792 bits per heavy atom. The number of nitrogens with zero attached hydrogens (tertiary/aromatic N) is 6. The van der Waals surface area contributed by atoms with Crippen LogP contribution in [0.15, 0.2) is 77.4 Å². The van der Waals surface area contributed by atoms with E-state index in [0.29, 0.717) is 33.0 Å². The summed E-state index contributed by atoms with van der Waals surface area (Å²) in [5.41, 5.74) is 7.18. The molecule has 19 radical (unpaired) electrons. The van der Waals surface area contributed by atoms with Gasteiger partial charge >= 0.3 is 0 Å². The number of amides is 1. The zero-order valence-electron chi connectivity index (χ0n) is 27.6. The van der Waals surface area contributed by atoms with E-state index in [2.05, 4.69) is 34.9 Å². The number of aromatic nitrogens is 6. The van der Waals surface area contributed by atoms with Crippen molar-refractivity contribution in [1.82, 2.24) is 29.9 Å². The van der Waals surface area contributed by atoms with Gasteiger partial charge in [-0.1, -0.05) is 46.4 Å². The Labute approximate surface area is 341 Å². The van der Waals surface area contributed by atoms with Crippen molar-refractivity contribution in [3.8, 4) is 11.4 Å². The molecule has 0 aliphatic carbocycles. The molecule has 3 N–H and O–H groups in total. The number of pyridine rings is 4. The molecule has 0 aliphatic rings. The fraction of sp³-hybridized carbons (Fsp3) is 0. The second-order valence-corrected chi connectivity index (χ2v) is 12.0. The number of hydrogen-bond acceptors (Lipinski definition) is 7. The molecule has 5 aromatic heterocycles. The molecule has 0 spiro atoms. The van der Waals surface area contributed by atoms with Crippen LogP contribution < -0.4 is 11.3 Å². The van der Waals surface area contributed by atoms with Gasteiger partial charge in [0.05, 0.1) is 37.7 Å². The van der Waals surface area contributed by atoms with E-state index in [1.54, 1.807) is 36.7 Å². The number of carbonyl (C=O) groups excluding carboxylic acids is 1. The molecule has 0 saturated heterocycles. The molecule has 0 saturated carbocycles. The second-order valence-electron chi connectivity index (χ2n) is 10.4. The summed E-state index contributed by atoms with van der Waals surface area (Å²) in [6.07, 6.45) is 7.47. The van der Waals surface area contributed by atoms with Crippen molar-refractivity contribution in [2.24, 2.45) is 10.7 Å². The summed E-state index contributed by atoms with van der Waals surface area (Å²) in [7, 11) is 47.4. The fourth-order valence-electron chi connectivity index (χ4n) is 3.49. The number of H-pyrrole nitrogens is 1. The van der Waals surface area contributed by atoms with Gasteiger partial charge in [-0.15, -0.1) is 0 Å². The van der Waals surface area contributed by atoms with Crippen LogP contribution in [0, 0.1) is 0 Å². The van der Waals surface area contributed by atoms with Gasteiger partial charge in [0, 0.05) is 157 Å². The Bertz CT molecular complexity index is 2010. The van der Waals surface area contributed by atoms with Gasteiger partial charge in [0.25, 0.3) is 11.5 Å². The highest BCUT2D eigenvalue weighted by Gasteiger charge is 2.16. The van der Waals surface area contributed by atoms with Crippen molar-refractivity contribution in [2.75, 3.05) is 0 Å². The summed E-state index contributed by atoms with van der Waals surface area (Å²) in [5, 5.41) is 1.17. The highest BCUT2D eigenvalue weighted by molar-refractivity contribution is 7.89. The molecule has 0 atom stereocenters.